The van der Waals surface area contributed by atoms with Gasteiger partial charge in [-0.2, -0.15) is 10.2 Å². The summed E-state index contributed by atoms with van der Waals surface area (Å²) < 4.78 is 0. The van der Waals surface area contributed by atoms with Crippen LogP contribution in [0, 0.1) is 10.8 Å². The van der Waals surface area contributed by atoms with Gasteiger partial charge in [-0.1, -0.05) is 86.3 Å². The first-order valence-corrected chi connectivity index (χ1v) is 17.5. The second kappa shape index (κ2) is 11.4. The van der Waals surface area contributed by atoms with Gasteiger partial charge in [0, 0.05) is 80.2 Å². The van der Waals surface area contributed by atoms with E-state index in [2.05, 4.69) is 74.1 Å². The highest BCUT2D eigenvalue weighted by atomic mass is 35.5. The second-order valence-electron chi connectivity index (χ2n) is 16.0. The van der Waals surface area contributed by atoms with Crippen molar-refractivity contribution in [2.45, 2.75) is 90.9 Å². The van der Waals surface area contributed by atoms with Crippen molar-refractivity contribution in [3.05, 3.63) is 127 Å². The van der Waals surface area contributed by atoms with Gasteiger partial charge in [0.15, 0.2) is 11.6 Å². The highest BCUT2D eigenvalue weighted by molar-refractivity contribution is 6.31. The molecule has 4 aliphatic rings. The minimum atomic E-state index is -0.492. The van der Waals surface area contributed by atoms with E-state index in [-0.39, 0.29) is 22.4 Å². The van der Waals surface area contributed by atoms with Crippen molar-refractivity contribution < 1.29 is 9.59 Å². The van der Waals surface area contributed by atoms with Crippen molar-refractivity contribution in [3.8, 4) is 0 Å². The molecule has 2 heterocycles. The first-order chi connectivity index (χ1) is 22.6. The van der Waals surface area contributed by atoms with Crippen LogP contribution < -0.4 is 0 Å². The van der Waals surface area contributed by atoms with Crippen LogP contribution in [0.3, 0.4) is 0 Å². The van der Waals surface area contributed by atoms with Crippen LogP contribution in [-0.2, 0) is 33.3 Å². The van der Waals surface area contributed by atoms with E-state index in [1.165, 1.54) is 11.1 Å². The van der Waals surface area contributed by atoms with Crippen LogP contribution in [-0.4, -0.2) is 32.0 Å². The number of nitrogens with zero attached hydrogens (tertiary/aromatic N) is 2. The molecule has 4 aliphatic carbocycles. The number of hydrogen-bond donors (Lipinski definition) is 2. The van der Waals surface area contributed by atoms with Crippen LogP contribution >= 0.6 is 23.2 Å². The predicted molar refractivity (Wildman–Crippen MR) is 190 cm³/mol. The van der Waals surface area contributed by atoms with Crippen molar-refractivity contribution in [2.75, 3.05) is 0 Å². The number of ketones is 2. The Morgan fingerprint density at radius 3 is 1.38 bits per heavy atom. The average Bonchev–Trinajstić information content (AvgIpc) is 3.66. The molecule has 0 fully saturated rings. The molecule has 0 saturated heterocycles. The highest BCUT2D eigenvalue weighted by Crippen LogP contribution is 2.53. The Kier molecular flexibility index (Phi) is 7.80. The molecule has 0 amide bonds. The maximum absolute atomic E-state index is 13.1. The molecule has 4 aromatic rings. The van der Waals surface area contributed by atoms with E-state index in [4.69, 9.17) is 23.2 Å². The Morgan fingerprint density at radius 1 is 0.604 bits per heavy atom. The third-order valence-electron chi connectivity index (χ3n) is 11.0. The van der Waals surface area contributed by atoms with Crippen molar-refractivity contribution >= 4 is 34.8 Å². The fraction of sp³-hybridized carbons (Fsp3) is 0.400. The van der Waals surface area contributed by atoms with E-state index >= 15 is 0 Å². The third kappa shape index (κ3) is 5.32. The van der Waals surface area contributed by atoms with Gasteiger partial charge in [-0.15, -0.1) is 0 Å². The van der Waals surface area contributed by atoms with Gasteiger partial charge in [-0.3, -0.25) is 19.8 Å². The summed E-state index contributed by atoms with van der Waals surface area (Å²) in [5.74, 6) is 0.520. The van der Waals surface area contributed by atoms with E-state index in [1.807, 2.05) is 48.8 Å². The first-order valence-electron chi connectivity index (χ1n) is 16.7. The zero-order valence-electron chi connectivity index (χ0n) is 28.5. The Bertz CT molecular complexity index is 1900. The number of hydrogen-bond acceptors (Lipinski definition) is 4. The fourth-order valence-electron chi connectivity index (χ4n) is 9.12. The van der Waals surface area contributed by atoms with Gasteiger partial charge in [0.25, 0.3) is 0 Å². The van der Waals surface area contributed by atoms with Crippen LogP contribution in [0.25, 0.3) is 0 Å². The van der Waals surface area contributed by atoms with Gasteiger partial charge in [-0.05, 0) is 72.9 Å². The summed E-state index contributed by atoms with van der Waals surface area (Å²) in [6.45, 7) is 13.0. The topological polar surface area (TPSA) is 91.5 Å². The molecule has 8 heteroatoms. The summed E-state index contributed by atoms with van der Waals surface area (Å²) in [4.78, 5) is 26.3. The van der Waals surface area contributed by atoms with Crippen LogP contribution in [0.4, 0.5) is 0 Å². The maximum Gasteiger partial charge on any atom is 0.160 e. The van der Waals surface area contributed by atoms with Crippen LogP contribution in [0.2, 0.25) is 10.0 Å². The molecule has 2 N–H and O–H groups in total. The molecule has 2 atom stereocenters. The van der Waals surface area contributed by atoms with E-state index in [0.29, 0.717) is 22.9 Å². The monoisotopic (exact) mass is 680 g/mol. The van der Waals surface area contributed by atoms with Gasteiger partial charge in [0.05, 0.1) is 12.4 Å². The molecule has 0 radical (unpaired) electrons. The molecule has 0 saturated carbocycles. The second-order valence-corrected chi connectivity index (χ2v) is 16.9. The number of fused-ring (bicyclic) bond motifs is 2. The number of aromatic amines is 2. The average molecular weight is 682 g/mol. The van der Waals surface area contributed by atoms with Crippen LogP contribution in [0.1, 0.15) is 101 Å². The van der Waals surface area contributed by atoms with E-state index < -0.39 is 10.8 Å². The number of Topliss-reactive ketones (excluding diaryl/α,β-unsaturated/α-hetero) is 2. The van der Waals surface area contributed by atoms with E-state index in [1.54, 1.807) is 0 Å². The molecule has 0 bridgehead atoms. The minimum Gasteiger partial charge on any atom is -0.294 e. The zero-order chi connectivity index (χ0) is 34.2. The van der Waals surface area contributed by atoms with E-state index in [0.717, 1.165) is 70.5 Å². The summed E-state index contributed by atoms with van der Waals surface area (Å²) in [5.41, 5.74) is 9.98. The quantitative estimate of drug-likeness (QED) is 0.221. The normalized spacial score (nSPS) is 25.4. The number of halogens is 2. The largest absolute Gasteiger partial charge is 0.294 e. The van der Waals surface area contributed by atoms with Gasteiger partial charge < -0.3 is 0 Å². The molecule has 48 heavy (non-hydrogen) atoms. The molecule has 0 spiro atoms. The number of aromatic nitrogens is 4. The van der Waals surface area contributed by atoms with E-state index in [9.17, 15) is 9.59 Å². The fourth-order valence-corrected chi connectivity index (χ4v) is 9.50. The standard InChI is InChI=1S/2C20H21ClN2O/c2*1-19(2)9-12-7-16-15(11-22-23-16)20(3,18(12)17(24)10-19)13-5-4-6-14(21)8-13/h2*4-6,8,11H,7,9-10H2,1-3H3,(H,22,23)/t2*20-/m10/s1. The van der Waals surface area contributed by atoms with Crippen molar-refractivity contribution in [3.63, 3.8) is 0 Å². The number of H-pyrrole nitrogens is 2. The summed E-state index contributed by atoms with van der Waals surface area (Å²) in [6, 6.07) is 15.7. The van der Waals surface area contributed by atoms with Crippen molar-refractivity contribution in [1.82, 2.24) is 20.4 Å². The molecular formula is C40H42Cl2N4O2. The number of rotatable bonds is 2. The Balaban J connectivity index is 0.000000152. The Morgan fingerprint density at radius 2 is 1.00 bits per heavy atom. The molecule has 2 aromatic carbocycles. The van der Waals surface area contributed by atoms with Gasteiger partial charge in [0.1, 0.15) is 0 Å². The number of nitrogens with one attached hydrogen (secondary N) is 2. The molecule has 248 valence electrons. The number of benzene rings is 2. The van der Waals surface area contributed by atoms with Gasteiger partial charge >= 0.3 is 0 Å². The summed E-state index contributed by atoms with van der Waals surface area (Å²) in [7, 11) is 0. The molecule has 0 aliphatic heterocycles. The Hall–Kier alpha value is -3.74. The SMILES string of the molecule is CC1(C)CC(=O)C2=C(Cc3[nH]ncc3[C@@]2(C)c2cccc(Cl)c2)C1.CC1(C)CC(=O)C2=C(Cc3[nH]ncc3[C@]2(C)c2cccc(Cl)c2)C1. The van der Waals surface area contributed by atoms with Gasteiger partial charge in [-0.25, -0.2) is 0 Å². The van der Waals surface area contributed by atoms with Crippen LogP contribution in [0.5, 0.6) is 0 Å². The Labute approximate surface area is 292 Å². The molecule has 6 nitrogen and oxygen atoms in total. The van der Waals surface area contributed by atoms with Crippen LogP contribution in [0.15, 0.2) is 83.2 Å². The lowest BCUT2D eigenvalue weighted by atomic mass is 9.59. The number of carbonyl (C=O) groups excluding carboxylic acids is 2. The van der Waals surface area contributed by atoms with Crippen molar-refractivity contribution in [2.24, 2.45) is 10.8 Å². The molecule has 0 unspecified atom stereocenters. The summed E-state index contributed by atoms with van der Waals surface area (Å²) >= 11 is 12.5. The lowest BCUT2D eigenvalue weighted by molar-refractivity contribution is -0.119. The lowest BCUT2D eigenvalue weighted by Crippen LogP contribution is -2.40. The maximum atomic E-state index is 13.1. The number of allylic oxidation sites excluding steroid dienone is 4. The van der Waals surface area contributed by atoms with Gasteiger partial charge in [0.2, 0.25) is 0 Å². The predicted octanol–water partition coefficient (Wildman–Crippen LogP) is 9.22. The third-order valence-corrected chi connectivity index (χ3v) is 11.5. The summed E-state index contributed by atoms with van der Waals surface area (Å²) in [6.07, 6.45) is 8.39. The zero-order valence-corrected chi connectivity index (χ0v) is 30.0. The number of carbonyl (C=O) groups is 2. The highest BCUT2D eigenvalue weighted by Gasteiger charge is 2.49. The minimum absolute atomic E-state index is 0.0166. The van der Waals surface area contributed by atoms with Crippen molar-refractivity contribution in [1.29, 1.82) is 0 Å². The first kappa shape index (κ1) is 32.8. The smallest absolute Gasteiger partial charge is 0.160 e. The molecule has 8 rings (SSSR count). The summed E-state index contributed by atoms with van der Waals surface area (Å²) in [5, 5.41) is 16.2. The molecule has 2 aromatic heterocycles. The molecular weight excluding hydrogens is 639 g/mol. The lowest BCUT2D eigenvalue weighted by Gasteiger charge is -2.43.